The van der Waals surface area contributed by atoms with Gasteiger partial charge in [0, 0.05) is 22.3 Å². The second-order valence-electron chi connectivity index (χ2n) is 6.00. The van der Waals surface area contributed by atoms with E-state index in [2.05, 4.69) is 32.3 Å². The summed E-state index contributed by atoms with van der Waals surface area (Å²) in [7, 11) is 0. The van der Waals surface area contributed by atoms with Crippen molar-refractivity contribution < 1.29 is 4.79 Å². The van der Waals surface area contributed by atoms with Gasteiger partial charge < -0.3 is 11.1 Å². The number of benzene rings is 1. The quantitative estimate of drug-likeness (QED) is 0.638. The van der Waals surface area contributed by atoms with Crippen LogP contribution in [0.15, 0.2) is 33.8 Å². The summed E-state index contributed by atoms with van der Waals surface area (Å²) < 4.78 is 0.936. The van der Waals surface area contributed by atoms with Crippen LogP contribution >= 0.6 is 27.7 Å². The van der Waals surface area contributed by atoms with Gasteiger partial charge in [0.05, 0.1) is 11.1 Å². The third-order valence-corrected chi connectivity index (χ3v) is 5.23. The monoisotopic (exact) mass is 443 g/mol. The van der Waals surface area contributed by atoms with Crippen LogP contribution in [-0.4, -0.2) is 16.6 Å². The number of aromatic nitrogens is 1. The van der Waals surface area contributed by atoms with Crippen LogP contribution in [0.2, 0.25) is 0 Å². The standard InChI is InChI=1S/C19H18BrN5OS/c1-11(2)17-14(9-21)18(23)25-19(15(17)10-22)27-8-7-16(26)24-13-5-3-12(20)4-6-13/h3-6,11H,7-8H2,1-2H3,(H2,23,25)(H,24,26). The molecule has 0 unspecified atom stereocenters. The van der Waals surface area contributed by atoms with E-state index < -0.39 is 0 Å². The smallest absolute Gasteiger partial charge is 0.225 e. The van der Waals surface area contributed by atoms with Gasteiger partial charge in [0.25, 0.3) is 0 Å². The summed E-state index contributed by atoms with van der Waals surface area (Å²) in [6.07, 6.45) is 0.254. The molecule has 27 heavy (non-hydrogen) atoms. The van der Waals surface area contributed by atoms with E-state index in [0.29, 0.717) is 27.6 Å². The Labute approximate surface area is 170 Å². The Morgan fingerprint density at radius 1 is 1.26 bits per heavy atom. The molecule has 0 aliphatic rings. The first-order chi connectivity index (χ1) is 12.9. The Bertz CT molecular complexity index is 929. The molecule has 0 fully saturated rings. The predicted molar refractivity (Wildman–Crippen MR) is 110 cm³/mol. The number of nitrogens with one attached hydrogen (secondary N) is 1. The maximum Gasteiger partial charge on any atom is 0.225 e. The number of hydrogen-bond acceptors (Lipinski definition) is 6. The number of amides is 1. The SMILES string of the molecule is CC(C)c1c(C#N)c(N)nc(SCCC(=O)Nc2ccc(Br)cc2)c1C#N. The van der Waals surface area contributed by atoms with Crippen LogP contribution in [0.4, 0.5) is 11.5 Å². The molecular weight excluding hydrogens is 426 g/mol. The van der Waals surface area contributed by atoms with E-state index in [1.54, 1.807) is 12.1 Å². The molecule has 0 atom stereocenters. The number of carbonyl (C=O) groups excluding carboxylic acids is 1. The molecule has 0 saturated heterocycles. The van der Waals surface area contributed by atoms with Crippen LogP contribution in [0.1, 0.15) is 42.9 Å². The fourth-order valence-corrected chi connectivity index (χ4v) is 3.71. The van der Waals surface area contributed by atoms with E-state index in [4.69, 9.17) is 5.73 Å². The highest BCUT2D eigenvalue weighted by molar-refractivity contribution is 9.10. The molecule has 2 rings (SSSR count). The van der Waals surface area contributed by atoms with Crippen molar-refractivity contribution in [1.82, 2.24) is 4.98 Å². The minimum absolute atomic E-state index is 0.0420. The van der Waals surface area contributed by atoms with Gasteiger partial charge in [-0.25, -0.2) is 4.98 Å². The first-order valence-corrected chi connectivity index (χ1v) is 9.97. The highest BCUT2D eigenvalue weighted by Gasteiger charge is 2.21. The molecule has 1 aromatic carbocycles. The highest BCUT2D eigenvalue weighted by Crippen LogP contribution is 2.33. The lowest BCUT2D eigenvalue weighted by Gasteiger charge is -2.15. The van der Waals surface area contributed by atoms with Crippen LogP contribution in [0.25, 0.3) is 0 Å². The first kappa shape index (κ1) is 20.8. The van der Waals surface area contributed by atoms with Crippen molar-refractivity contribution in [1.29, 1.82) is 10.5 Å². The van der Waals surface area contributed by atoms with Crippen LogP contribution in [0.3, 0.4) is 0 Å². The van der Waals surface area contributed by atoms with Crippen LogP contribution in [-0.2, 0) is 4.79 Å². The zero-order valence-electron chi connectivity index (χ0n) is 14.9. The molecule has 2 aromatic rings. The first-order valence-electron chi connectivity index (χ1n) is 8.19. The zero-order chi connectivity index (χ0) is 20.0. The van der Waals surface area contributed by atoms with Crippen LogP contribution in [0.5, 0.6) is 0 Å². The molecular formula is C19H18BrN5OS. The number of halogens is 1. The summed E-state index contributed by atoms with van der Waals surface area (Å²) in [6, 6.07) is 11.5. The van der Waals surface area contributed by atoms with Crippen molar-refractivity contribution in [3.05, 3.63) is 45.4 Å². The highest BCUT2D eigenvalue weighted by atomic mass is 79.9. The molecule has 1 heterocycles. The van der Waals surface area contributed by atoms with Crippen molar-refractivity contribution >= 4 is 45.1 Å². The van der Waals surface area contributed by atoms with E-state index in [1.807, 2.05) is 32.0 Å². The predicted octanol–water partition coefficient (Wildman–Crippen LogP) is 4.41. The van der Waals surface area contributed by atoms with Gasteiger partial charge in [-0.3, -0.25) is 4.79 Å². The second-order valence-corrected chi connectivity index (χ2v) is 8.00. The van der Waals surface area contributed by atoms with Gasteiger partial charge in [0.15, 0.2) is 0 Å². The Morgan fingerprint density at radius 3 is 2.44 bits per heavy atom. The molecule has 8 heteroatoms. The van der Waals surface area contributed by atoms with Crippen LogP contribution in [0, 0.1) is 22.7 Å². The minimum Gasteiger partial charge on any atom is -0.383 e. The Balaban J connectivity index is 2.09. The lowest BCUT2D eigenvalue weighted by molar-refractivity contribution is -0.115. The van der Waals surface area contributed by atoms with E-state index in [9.17, 15) is 15.3 Å². The lowest BCUT2D eigenvalue weighted by atomic mass is 9.94. The third-order valence-electron chi connectivity index (χ3n) is 3.73. The van der Waals surface area contributed by atoms with Crippen molar-refractivity contribution in [2.75, 3.05) is 16.8 Å². The maximum absolute atomic E-state index is 12.1. The molecule has 0 aliphatic carbocycles. The molecule has 0 aliphatic heterocycles. The molecule has 138 valence electrons. The van der Waals surface area contributed by atoms with Crippen molar-refractivity contribution in [2.45, 2.75) is 31.2 Å². The van der Waals surface area contributed by atoms with E-state index >= 15 is 0 Å². The average molecular weight is 444 g/mol. The summed E-state index contributed by atoms with van der Waals surface area (Å²) in [5.41, 5.74) is 7.83. The van der Waals surface area contributed by atoms with Gasteiger partial charge in [-0.05, 0) is 35.7 Å². The molecule has 0 bridgehead atoms. The summed E-state index contributed by atoms with van der Waals surface area (Å²) >= 11 is 4.63. The Morgan fingerprint density at radius 2 is 1.89 bits per heavy atom. The minimum atomic E-state index is -0.131. The number of nitrogens with two attached hydrogens (primary N) is 1. The molecule has 3 N–H and O–H groups in total. The van der Waals surface area contributed by atoms with Gasteiger partial charge in [0.2, 0.25) is 5.91 Å². The second kappa shape index (κ2) is 9.40. The van der Waals surface area contributed by atoms with Crippen molar-refractivity contribution in [2.24, 2.45) is 0 Å². The topological polar surface area (TPSA) is 116 Å². The van der Waals surface area contributed by atoms with Crippen molar-refractivity contribution in [3.63, 3.8) is 0 Å². The largest absolute Gasteiger partial charge is 0.383 e. The molecule has 0 spiro atoms. The maximum atomic E-state index is 12.1. The number of thioether (sulfide) groups is 1. The average Bonchev–Trinajstić information content (AvgIpc) is 2.63. The molecule has 6 nitrogen and oxygen atoms in total. The summed E-state index contributed by atoms with van der Waals surface area (Å²) in [5.74, 6) is 0.378. The summed E-state index contributed by atoms with van der Waals surface area (Å²) in [4.78, 5) is 16.3. The number of anilines is 2. The summed E-state index contributed by atoms with van der Waals surface area (Å²) in [5, 5.41) is 22.1. The fourth-order valence-electron chi connectivity index (χ4n) is 2.50. The zero-order valence-corrected chi connectivity index (χ0v) is 17.3. The van der Waals surface area contributed by atoms with Gasteiger partial charge in [0.1, 0.15) is 23.0 Å². The number of carbonyl (C=O) groups is 1. The Hall–Kier alpha value is -2.55. The van der Waals surface area contributed by atoms with Gasteiger partial charge >= 0.3 is 0 Å². The van der Waals surface area contributed by atoms with Crippen LogP contribution < -0.4 is 11.1 Å². The lowest BCUT2D eigenvalue weighted by Crippen LogP contribution is -2.12. The van der Waals surface area contributed by atoms with Gasteiger partial charge in [-0.15, -0.1) is 11.8 Å². The number of nitriles is 2. The molecule has 0 saturated carbocycles. The fraction of sp³-hybridized carbons (Fsp3) is 0.263. The van der Waals surface area contributed by atoms with E-state index in [1.165, 1.54) is 11.8 Å². The number of nitrogens with zero attached hydrogens (tertiary/aromatic N) is 3. The summed E-state index contributed by atoms with van der Waals surface area (Å²) in [6.45, 7) is 3.80. The number of hydrogen-bond donors (Lipinski definition) is 2. The molecule has 0 radical (unpaired) electrons. The number of pyridine rings is 1. The number of rotatable bonds is 6. The van der Waals surface area contributed by atoms with Crippen molar-refractivity contribution in [3.8, 4) is 12.1 Å². The van der Waals surface area contributed by atoms with Gasteiger partial charge in [-0.2, -0.15) is 10.5 Å². The van der Waals surface area contributed by atoms with E-state index in [0.717, 1.165) is 4.47 Å². The molecule has 1 amide bonds. The van der Waals surface area contributed by atoms with Gasteiger partial charge in [-0.1, -0.05) is 29.8 Å². The number of nitrogen functional groups attached to an aromatic ring is 1. The Kier molecular flexibility index (Phi) is 7.23. The molecule has 1 aromatic heterocycles. The van der Waals surface area contributed by atoms with E-state index in [-0.39, 0.29) is 29.6 Å². The normalized spacial score (nSPS) is 10.3. The third kappa shape index (κ3) is 5.22.